The number of carbonyl (C=O) groups is 1. The number of alkyl halides is 3. The van der Waals surface area contributed by atoms with E-state index in [4.69, 9.17) is 4.74 Å². The summed E-state index contributed by atoms with van der Waals surface area (Å²) in [5, 5.41) is 5.35. The Balaban J connectivity index is 1.78. The Morgan fingerprint density at radius 1 is 1.27 bits per heavy atom. The molecule has 3 rings (SSSR count). The van der Waals surface area contributed by atoms with Crippen molar-refractivity contribution in [3.05, 3.63) is 65.2 Å². The van der Waals surface area contributed by atoms with Crippen molar-refractivity contribution in [2.75, 3.05) is 13.7 Å². The van der Waals surface area contributed by atoms with E-state index in [1.54, 1.807) is 19.1 Å². The van der Waals surface area contributed by atoms with Gasteiger partial charge in [-0.2, -0.15) is 13.2 Å². The number of nitrogens with one attached hydrogen (secondary N) is 4. The zero-order valence-electron chi connectivity index (χ0n) is 17.9. The van der Waals surface area contributed by atoms with Crippen molar-refractivity contribution in [1.82, 2.24) is 26.5 Å². The molecule has 0 aliphatic carbocycles. The highest BCUT2D eigenvalue weighted by Crippen LogP contribution is 2.30. The molecule has 0 spiro atoms. The SMILES string of the molecule is COC[C@H](C)NC(=NC1CC(c2ccc(F)cc2)NN1)NC(=O)c1cccnc1C(F)(F)F. The van der Waals surface area contributed by atoms with Crippen molar-refractivity contribution in [1.29, 1.82) is 0 Å². The number of hydrazine groups is 1. The maximum atomic E-state index is 13.3. The maximum Gasteiger partial charge on any atom is 0.434 e. The molecule has 3 atom stereocenters. The number of hydrogen-bond donors (Lipinski definition) is 4. The molecule has 2 aromatic rings. The fourth-order valence-electron chi connectivity index (χ4n) is 3.31. The highest BCUT2D eigenvalue weighted by Gasteiger charge is 2.37. The van der Waals surface area contributed by atoms with Gasteiger partial charge in [0.05, 0.1) is 12.2 Å². The van der Waals surface area contributed by atoms with Crippen LogP contribution in [0.4, 0.5) is 17.6 Å². The third kappa shape index (κ3) is 6.70. The first-order chi connectivity index (χ1) is 15.7. The highest BCUT2D eigenvalue weighted by molar-refractivity contribution is 6.06. The number of aliphatic imine (C=N–C) groups is 1. The van der Waals surface area contributed by atoms with Crippen LogP contribution in [0, 0.1) is 5.82 Å². The lowest BCUT2D eigenvalue weighted by atomic mass is 10.0. The molecule has 1 amide bonds. The Labute approximate surface area is 187 Å². The lowest BCUT2D eigenvalue weighted by molar-refractivity contribution is -0.141. The molecule has 0 bridgehead atoms. The summed E-state index contributed by atoms with van der Waals surface area (Å²) in [6, 6.07) is 7.79. The molecule has 4 N–H and O–H groups in total. The zero-order valence-corrected chi connectivity index (χ0v) is 17.9. The summed E-state index contributed by atoms with van der Waals surface area (Å²) in [6.07, 6.45) is -3.89. The molecule has 12 heteroatoms. The normalized spacial score (nSPS) is 19.9. The molecular formula is C21H24F4N6O2. The van der Waals surface area contributed by atoms with Crippen molar-refractivity contribution in [2.24, 2.45) is 4.99 Å². The van der Waals surface area contributed by atoms with Gasteiger partial charge in [0.2, 0.25) is 0 Å². The van der Waals surface area contributed by atoms with Gasteiger partial charge in [-0.1, -0.05) is 12.1 Å². The maximum absolute atomic E-state index is 13.3. The first-order valence-electron chi connectivity index (χ1n) is 10.1. The molecule has 8 nitrogen and oxygen atoms in total. The predicted molar refractivity (Wildman–Crippen MR) is 112 cm³/mol. The van der Waals surface area contributed by atoms with Gasteiger partial charge in [-0.3, -0.25) is 15.1 Å². The predicted octanol–water partition coefficient (Wildman–Crippen LogP) is 2.52. The second kappa shape index (κ2) is 10.7. The second-order valence-electron chi connectivity index (χ2n) is 7.47. The number of hydrogen-bond acceptors (Lipinski definition) is 6. The number of guanidine groups is 1. The molecule has 178 valence electrons. The van der Waals surface area contributed by atoms with Crippen LogP contribution >= 0.6 is 0 Å². The van der Waals surface area contributed by atoms with E-state index < -0.39 is 29.5 Å². The summed E-state index contributed by atoms with van der Waals surface area (Å²) in [7, 11) is 1.49. The summed E-state index contributed by atoms with van der Waals surface area (Å²) < 4.78 is 58.0. The zero-order chi connectivity index (χ0) is 24.0. The van der Waals surface area contributed by atoms with Crippen LogP contribution in [0.15, 0.2) is 47.6 Å². The van der Waals surface area contributed by atoms with E-state index >= 15 is 0 Å². The van der Waals surface area contributed by atoms with E-state index in [-0.39, 0.29) is 30.5 Å². The molecule has 1 aliphatic heterocycles. The Kier molecular flexibility index (Phi) is 7.95. The molecular weight excluding hydrogens is 444 g/mol. The number of carbonyl (C=O) groups excluding carboxylic acids is 1. The highest BCUT2D eigenvalue weighted by atomic mass is 19.4. The number of pyridine rings is 1. The third-order valence-electron chi connectivity index (χ3n) is 4.79. The van der Waals surface area contributed by atoms with Gasteiger partial charge >= 0.3 is 6.18 Å². The Morgan fingerprint density at radius 3 is 2.67 bits per heavy atom. The summed E-state index contributed by atoms with van der Waals surface area (Å²) in [4.78, 5) is 20.4. The van der Waals surface area contributed by atoms with Gasteiger partial charge in [0.15, 0.2) is 11.7 Å². The van der Waals surface area contributed by atoms with Gasteiger partial charge in [-0.05, 0) is 36.8 Å². The van der Waals surface area contributed by atoms with Crippen LogP contribution in [-0.2, 0) is 10.9 Å². The second-order valence-corrected chi connectivity index (χ2v) is 7.47. The Morgan fingerprint density at radius 2 is 2.00 bits per heavy atom. The van der Waals surface area contributed by atoms with Crippen molar-refractivity contribution < 1.29 is 27.1 Å². The summed E-state index contributed by atoms with van der Waals surface area (Å²) >= 11 is 0. The van der Waals surface area contributed by atoms with Crippen LogP contribution < -0.4 is 21.5 Å². The summed E-state index contributed by atoms with van der Waals surface area (Å²) in [5.41, 5.74) is 4.91. The number of nitrogens with zero attached hydrogens (tertiary/aromatic N) is 2. The quantitative estimate of drug-likeness (QED) is 0.296. The van der Waals surface area contributed by atoms with Crippen molar-refractivity contribution in [2.45, 2.75) is 37.8 Å². The molecule has 1 saturated heterocycles. The van der Waals surface area contributed by atoms with Gasteiger partial charge in [0.1, 0.15) is 12.0 Å². The fourth-order valence-corrected chi connectivity index (χ4v) is 3.31. The summed E-state index contributed by atoms with van der Waals surface area (Å²) in [6.45, 7) is 2.03. The van der Waals surface area contributed by atoms with Gasteiger partial charge in [-0.25, -0.2) is 20.2 Å². The monoisotopic (exact) mass is 468 g/mol. The molecule has 33 heavy (non-hydrogen) atoms. The van der Waals surface area contributed by atoms with Crippen molar-refractivity contribution in [3.63, 3.8) is 0 Å². The van der Waals surface area contributed by atoms with Crippen LogP contribution in [0.2, 0.25) is 0 Å². The van der Waals surface area contributed by atoms with E-state index in [1.807, 2.05) is 0 Å². The Bertz CT molecular complexity index is 983. The first kappa shape index (κ1) is 24.6. The number of benzene rings is 1. The molecule has 1 aliphatic rings. The number of rotatable bonds is 6. The first-order valence-corrected chi connectivity index (χ1v) is 10.1. The van der Waals surface area contributed by atoms with Crippen LogP contribution in [0.25, 0.3) is 0 Å². The van der Waals surface area contributed by atoms with Crippen LogP contribution in [0.3, 0.4) is 0 Å². The van der Waals surface area contributed by atoms with E-state index in [2.05, 4.69) is 31.5 Å². The third-order valence-corrected chi connectivity index (χ3v) is 4.79. The Hall–Kier alpha value is -3.09. The molecule has 1 aromatic carbocycles. The standard InChI is InChI=1S/C21H24F4N6O2/c1-12(11-33-2)27-20(29-19(32)15-4-3-9-26-18(15)21(23,24)25)28-17-10-16(30-31-17)13-5-7-14(22)8-6-13/h3-9,12,16-17,30-31H,10-11H2,1-2H3,(H2,27,28,29,32)/t12-,16?,17?/m0/s1. The number of methoxy groups -OCH3 is 1. The van der Waals surface area contributed by atoms with Crippen LogP contribution in [-0.4, -0.2) is 42.8 Å². The minimum atomic E-state index is -4.79. The molecule has 1 fully saturated rings. The van der Waals surface area contributed by atoms with Gasteiger partial charge in [0.25, 0.3) is 5.91 Å². The van der Waals surface area contributed by atoms with E-state index in [0.717, 1.165) is 17.8 Å². The van der Waals surface area contributed by atoms with E-state index in [1.165, 1.54) is 25.3 Å². The lowest BCUT2D eigenvalue weighted by Crippen LogP contribution is -2.48. The number of ether oxygens (including phenoxy) is 1. The number of halogens is 4. The van der Waals surface area contributed by atoms with Crippen molar-refractivity contribution >= 4 is 11.9 Å². The number of amides is 1. The fraction of sp³-hybridized carbons (Fsp3) is 0.381. The van der Waals surface area contributed by atoms with Gasteiger partial charge in [0, 0.05) is 31.8 Å². The molecule has 1 aromatic heterocycles. The lowest BCUT2D eigenvalue weighted by Gasteiger charge is -2.19. The van der Waals surface area contributed by atoms with Gasteiger partial charge in [-0.15, -0.1) is 0 Å². The molecule has 0 saturated carbocycles. The van der Waals surface area contributed by atoms with E-state index in [0.29, 0.717) is 6.42 Å². The van der Waals surface area contributed by atoms with E-state index in [9.17, 15) is 22.4 Å². The van der Waals surface area contributed by atoms with Gasteiger partial charge < -0.3 is 10.1 Å². The average molecular weight is 468 g/mol. The largest absolute Gasteiger partial charge is 0.434 e. The smallest absolute Gasteiger partial charge is 0.383 e. The van der Waals surface area contributed by atoms with Crippen molar-refractivity contribution in [3.8, 4) is 0 Å². The minimum Gasteiger partial charge on any atom is -0.383 e. The topological polar surface area (TPSA) is 99.7 Å². The number of aromatic nitrogens is 1. The minimum absolute atomic E-state index is 0.0272. The average Bonchev–Trinajstić information content (AvgIpc) is 3.22. The van der Waals surface area contributed by atoms with Crippen LogP contribution in [0.5, 0.6) is 0 Å². The molecule has 2 heterocycles. The van der Waals surface area contributed by atoms with Crippen LogP contribution in [0.1, 0.15) is 41.0 Å². The summed E-state index contributed by atoms with van der Waals surface area (Å²) in [5.74, 6) is -1.39. The molecule has 2 unspecified atom stereocenters. The molecule has 0 radical (unpaired) electrons.